The summed E-state index contributed by atoms with van der Waals surface area (Å²) in [4.78, 5) is 14.8. The minimum Gasteiger partial charge on any atom is -0.375 e. The van der Waals surface area contributed by atoms with Crippen molar-refractivity contribution in [2.24, 2.45) is 0 Å². The zero-order chi connectivity index (χ0) is 17.8. The van der Waals surface area contributed by atoms with Crippen LogP contribution in [0.1, 0.15) is 5.56 Å². The number of hydrogen-bond donors (Lipinski definition) is 0. The van der Waals surface area contributed by atoms with Crippen molar-refractivity contribution in [1.82, 2.24) is 9.80 Å². The molecule has 0 radical (unpaired) electrons. The molecule has 8 heteroatoms. The van der Waals surface area contributed by atoms with Crippen LogP contribution in [0.15, 0.2) is 42.6 Å². The summed E-state index contributed by atoms with van der Waals surface area (Å²) in [6, 6.07) is 9.76. The van der Waals surface area contributed by atoms with Crippen LogP contribution in [-0.4, -0.2) is 53.9 Å². The van der Waals surface area contributed by atoms with Gasteiger partial charge in [-0.1, -0.05) is 30.3 Å². The maximum absolute atomic E-state index is 12.8. The van der Waals surface area contributed by atoms with E-state index in [1.807, 2.05) is 30.3 Å². The maximum Gasteiger partial charge on any atom is 0.461 e. The number of halogens is 5. The third-order valence-corrected chi connectivity index (χ3v) is 3.76. The molecule has 132 valence electrons. The second-order valence-electron chi connectivity index (χ2n) is 5.55. The Morgan fingerprint density at radius 1 is 1.00 bits per heavy atom. The van der Waals surface area contributed by atoms with Gasteiger partial charge in [0.05, 0.1) is 0 Å². The molecule has 1 aromatic carbocycles. The van der Waals surface area contributed by atoms with Gasteiger partial charge in [-0.3, -0.25) is 9.69 Å². The molecule has 0 aromatic heterocycles. The fraction of sp³-hybridized carbons (Fsp3) is 0.438. The molecular formula is C16H17F5N2O. The summed E-state index contributed by atoms with van der Waals surface area (Å²) >= 11 is 0. The Labute approximate surface area is 136 Å². The van der Waals surface area contributed by atoms with E-state index < -0.39 is 17.9 Å². The lowest BCUT2D eigenvalue weighted by Crippen LogP contribution is -2.45. The third-order valence-electron chi connectivity index (χ3n) is 3.76. The number of rotatable bonds is 5. The molecule has 1 saturated heterocycles. The molecule has 0 atom stereocenters. The average Bonchev–Trinajstić information content (AvgIpc) is 2.53. The lowest BCUT2D eigenvalue weighted by atomic mass is 10.2. The SMILES string of the molecule is O=C(C=CN1CCN(Cc2ccccc2)CC1)C(F)(F)C(F)(F)F. The lowest BCUT2D eigenvalue weighted by Gasteiger charge is -2.34. The average molecular weight is 348 g/mol. The fourth-order valence-electron chi connectivity index (χ4n) is 2.33. The van der Waals surface area contributed by atoms with Gasteiger partial charge >= 0.3 is 12.1 Å². The van der Waals surface area contributed by atoms with E-state index in [1.54, 1.807) is 4.90 Å². The van der Waals surface area contributed by atoms with Gasteiger partial charge in [-0.05, 0) is 5.56 Å². The number of allylic oxidation sites excluding steroid dienone is 1. The predicted molar refractivity (Wildman–Crippen MR) is 78.4 cm³/mol. The molecule has 0 aliphatic carbocycles. The molecule has 0 N–H and O–H groups in total. The van der Waals surface area contributed by atoms with Crippen molar-refractivity contribution >= 4 is 5.78 Å². The summed E-state index contributed by atoms with van der Waals surface area (Å²) in [5.74, 6) is -7.60. The van der Waals surface area contributed by atoms with Gasteiger partial charge in [0, 0.05) is 45.0 Å². The van der Waals surface area contributed by atoms with Gasteiger partial charge in [0.25, 0.3) is 0 Å². The quantitative estimate of drug-likeness (QED) is 0.604. The van der Waals surface area contributed by atoms with Crippen LogP contribution in [-0.2, 0) is 11.3 Å². The number of carbonyl (C=O) groups excluding carboxylic acids is 1. The Morgan fingerprint density at radius 2 is 1.58 bits per heavy atom. The minimum absolute atomic E-state index is 0.306. The van der Waals surface area contributed by atoms with Crippen molar-refractivity contribution in [3.8, 4) is 0 Å². The van der Waals surface area contributed by atoms with Crippen LogP contribution >= 0.6 is 0 Å². The number of benzene rings is 1. The number of nitrogens with zero attached hydrogens (tertiary/aromatic N) is 2. The summed E-state index contributed by atoms with van der Waals surface area (Å²) in [7, 11) is 0. The largest absolute Gasteiger partial charge is 0.461 e. The highest BCUT2D eigenvalue weighted by atomic mass is 19.4. The summed E-state index contributed by atoms with van der Waals surface area (Å²) in [6.07, 6.45) is -4.55. The van der Waals surface area contributed by atoms with Gasteiger partial charge in [-0.15, -0.1) is 0 Å². The molecule has 2 rings (SSSR count). The van der Waals surface area contributed by atoms with Crippen molar-refractivity contribution in [3.63, 3.8) is 0 Å². The Bertz CT molecular complexity index is 578. The molecule has 0 spiro atoms. The molecule has 0 unspecified atom stereocenters. The molecule has 1 fully saturated rings. The van der Waals surface area contributed by atoms with Crippen molar-refractivity contribution in [2.75, 3.05) is 26.2 Å². The second-order valence-corrected chi connectivity index (χ2v) is 5.55. The fourth-order valence-corrected chi connectivity index (χ4v) is 2.33. The lowest BCUT2D eigenvalue weighted by molar-refractivity contribution is -0.266. The number of ketones is 1. The van der Waals surface area contributed by atoms with Crippen LogP contribution in [0.4, 0.5) is 22.0 Å². The monoisotopic (exact) mass is 348 g/mol. The molecule has 1 aromatic rings. The van der Waals surface area contributed by atoms with Crippen molar-refractivity contribution in [2.45, 2.75) is 18.6 Å². The summed E-state index contributed by atoms with van der Waals surface area (Å²) in [5, 5.41) is 0. The van der Waals surface area contributed by atoms with Gasteiger partial charge in [-0.2, -0.15) is 22.0 Å². The molecule has 0 amide bonds. The molecule has 0 saturated carbocycles. The molecule has 1 aliphatic heterocycles. The zero-order valence-electron chi connectivity index (χ0n) is 12.8. The van der Waals surface area contributed by atoms with Crippen LogP contribution in [0.5, 0.6) is 0 Å². The minimum atomic E-state index is -5.87. The molecule has 24 heavy (non-hydrogen) atoms. The third kappa shape index (κ3) is 4.53. The van der Waals surface area contributed by atoms with Crippen LogP contribution < -0.4 is 0 Å². The number of piperazine rings is 1. The van der Waals surface area contributed by atoms with E-state index in [1.165, 1.54) is 0 Å². The van der Waals surface area contributed by atoms with E-state index in [0.29, 0.717) is 32.3 Å². The van der Waals surface area contributed by atoms with Crippen LogP contribution in [0, 0.1) is 0 Å². The molecule has 0 bridgehead atoms. The predicted octanol–water partition coefficient (Wildman–Crippen LogP) is 3.08. The van der Waals surface area contributed by atoms with Gasteiger partial charge in [0.2, 0.25) is 5.78 Å². The first-order valence-electron chi connectivity index (χ1n) is 7.37. The van der Waals surface area contributed by atoms with Gasteiger partial charge in [0.15, 0.2) is 0 Å². The van der Waals surface area contributed by atoms with E-state index >= 15 is 0 Å². The summed E-state index contributed by atoms with van der Waals surface area (Å²) in [6.45, 7) is 2.90. The summed E-state index contributed by atoms with van der Waals surface area (Å²) in [5.41, 5.74) is 1.14. The van der Waals surface area contributed by atoms with Crippen LogP contribution in [0.3, 0.4) is 0 Å². The van der Waals surface area contributed by atoms with Crippen molar-refractivity contribution < 1.29 is 26.7 Å². The number of carbonyl (C=O) groups is 1. The van der Waals surface area contributed by atoms with E-state index in [2.05, 4.69) is 4.90 Å². The Hall–Kier alpha value is -1.96. The Morgan fingerprint density at radius 3 is 2.12 bits per heavy atom. The number of hydrogen-bond acceptors (Lipinski definition) is 3. The Kier molecular flexibility index (Phi) is 5.58. The molecule has 1 heterocycles. The smallest absolute Gasteiger partial charge is 0.375 e. The second kappa shape index (κ2) is 7.29. The first-order valence-corrected chi connectivity index (χ1v) is 7.37. The first kappa shape index (κ1) is 18.4. The van der Waals surface area contributed by atoms with Gasteiger partial charge < -0.3 is 4.90 Å². The van der Waals surface area contributed by atoms with Gasteiger partial charge in [0.1, 0.15) is 0 Å². The normalized spacial score (nSPS) is 17.5. The zero-order valence-corrected chi connectivity index (χ0v) is 12.8. The molecule has 3 nitrogen and oxygen atoms in total. The van der Waals surface area contributed by atoms with E-state index in [0.717, 1.165) is 18.3 Å². The highest BCUT2D eigenvalue weighted by Gasteiger charge is 2.62. The van der Waals surface area contributed by atoms with E-state index in [-0.39, 0.29) is 0 Å². The summed E-state index contributed by atoms with van der Waals surface area (Å²) < 4.78 is 61.9. The van der Waals surface area contributed by atoms with Crippen LogP contribution in [0.25, 0.3) is 0 Å². The highest BCUT2D eigenvalue weighted by Crippen LogP contribution is 2.36. The standard InChI is InChI=1S/C16H17F5N2O/c17-15(18,16(19,20)21)14(24)6-7-22-8-10-23(11-9-22)12-13-4-2-1-3-5-13/h1-7H,8-12H2. The first-order chi connectivity index (χ1) is 11.2. The molecular weight excluding hydrogens is 331 g/mol. The van der Waals surface area contributed by atoms with Crippen molar-refractivity contribution in [3.05, 3.63) is 48.2 Å². The number of alkyl halides is 5. The van der Waals surface area contributed by atoms with Crippen molar-refractivity contribution in [1.29, 1.82) is 0 Å². The molecule has 1 aliphatic rings. The maximum atomic E-state index is 12.8. The van der Waals surface area contributed by atoms with Crippen LogP contribution in [0.2, 0.25) is 0 Å². The van der Waals surface area contributed by atoms with Gasteiger partial charge in [-0.25, -0.2) is 0 Å². The topological polar surface area (TPSA) is 23.6 Å². The highest BCUT2D eigenvalue weighted by molar-refractivity contribution is 5.96. The Balaban J connectivity index is 1.83. The van der Waals surface area contributed by atoms with E-state index in [4.69, 9.17) is 0 Å². The van der Waals surface area contributed by atoms with E-state index in [9.17, 15) is 26.7 Å².